The molecule has 7 heteroatoms. The molecule has 146 valence electrons. The van der Waals surface area contributed by atoms with E-state index < -0.39 is 23.8 Å². The first-order valence-electron chi connectivity index (χ1n) is 8.91. The number of ether oxygens (including phenoxy) is 2. The van der Waals surface area contributed by atoms with Crippen molar-refractivity contribution < 1.29 is 23.9 Å². The van der Waals surface area contributed by atoms with Gasteiger partial charge in [0.05, 0.1) is 0 Å². The molecule has 0 aliphatic rings. The van der Waals surface area contributed by atoms with E-state index in [1.165, 1.54) is 0 Å². The average molecular weight is 374 g/mol. The topological polar surface area (TPSA) is 86.6 Å². The van der Waals surface area contributed by atoms with E-state index in [9.17, 15) is 14.4 Å². The smallest absolute Gasteiger partial charge is 0.407 e. The molecule has 1 unspecified atom stereocenters. The number of aldehydes is 1. The SMILES string of the molecule is CC(OC(=O)C=O)c1cn(CCCNC(=O)OC(C)(C)C)c2ccccc12. The lowest BCUT2D eigenvalue weighted by molar-refractivity contribution is -0.152. The quantitative estimate of drug-likeness (QED) is 0.348. The summed E-state index contributed by atoms with van der Waals surface area (Å²) in [5.74, 6) is -0.888. The van der Waals surface area contributed by atoms with E-state index in [2.05, 4.69) is 5.32 Å². The van der Waals surface area contributed by atoms with Gasteiger partial charge in [-0.15, -0.1) is 0 Å². The van der Waals surface area contributed by atoms with Gasteiger partial charge in [-0.1, -0.05) is 18.2 Å². The molecule has 0 saturated heterocycles. The summed E-state index contributed by atoms with van der Waals surface area (Å²) in [5.41, 5.74) is 1.31. The minimum absolute atomic E-state index is 0.165. The van der Waals surface area contributed by atoms with Gasteiger partial charge in [0.15, 0.2) is 0 Å². The standard InChI is InChI=1S/C20H26N2O5/c1-14(26-18(24)13-23)16-12-22(17-9-6-5-8-15(16)17)11-7-10-21-19(25)27-20(2,3)4/h5-6,8-9,12-14H,7,10-11H2,1-4H3,(H,21,25). The zero-order chi connectivity index (χ0) is 20.0. The van der Waals surface area contributed by atoms with Crippen LogP contribution in [0, 0.1) is 0 Å². The summed E-state index contributed by atoms with van der Waals surface area (Å²) in [7, 11) is 0. The van der Waals surface area contributed by atoms with Crippen LogP contribution in [0.25, 0.3) is 10.9 Å². The van der Waals surface area contributed by atoms with Gasteiger partial charge in [-0.25, -0.2) is 9.59 Å². The molecular weight excluding hydrogens is 348 g/mol. The van der Waals surface area contributed by atoms with Crippen molar-refractivity contribution in [3.63, 3.8) is 0 Å². The summed E-state index contributed by atoms with van der Waals surface area (Å²) in [6.07, 6.45) is 1.82. The van der Waals surface area contributed by atoms with Gasteiger partial charge < -0.3 is 19.4 Å². The molecule has 0 saturated carbocycles. The predicted molar refractivity (Wildman–Crippen MR) is 101 cm³/mol. The highest BCUT2D eigenvalue weighted by atomic mass is 16.6. The maximum atomic E-state index is 11.7. The maximum Gasteiger partial charge on any atom is 0.407 e. The van der Waals surface area contributed by atoms with E-state index in [0.29, 0.717) is 19.5 Å². The molecule has 27 heavy (non-hydrogen) atoms. The fourth-order valence-electron chi connectivity index (χ4n) is 2.80. The summed E-state index contributed by atoms with van der Waals surface area (Å²) in [5, 5.41) is 3.70. The van der Waals surface area contributed by atoms with Gasteiger partial charge in [-0.3, -0.25) is 4.79 Å². The van der Waals surface area contributed by atoms with E-state index in [-0.39, 0.29) is 6.29 Å². The third-order valence-electron chi connectivity index (χ3n) is 3.89. The Morgan fingerprint density at radius 1 is 1.26 bits per heavy atom. The molecule has 0 aliphatic heterocycles. The van der Waals surface area contributed by atoms with Crippen LogP contribution in [0.5, 0.6) is 0 Å². The molecule has 2 rings (SSSR count). The predicted octanol–water partition coefficient (Wildman–Crippen LogP) is 3.36. The molecular formula is C20H26N2O5. The number of esters is 1. The fourth-order valence-corrected chi connectivity index (χ4v) is 2.80. The van der Waals surface area contributed by atoms with Crippen molar-refractivity contribution in [3.05, 3.63) is 36.0 Å². The summed E-state index contributed by atoms with van der Waals surface area (Å²) in [6.45, 7) is 8.34. The third-order valence-corrected chi connectivity index (χ3v) is 3.89. The molecule has 1 heterocycles. The Labute approximate surface area is 158 Å². The molecule has 0 fully saturated rings. The number of aryl methyl sites for hydroxylation is 1. The van der Waals surface area contributed by atoms with Crippen molar-refractivity contribution in [1.29, 1.82) is 0 Å². The molecule has 0 radical (unpaired) electrons. The Morgan fingerprint density at radius 3 is 2.63 bits per heavy atom. The Morgan fingerprint density at radius 2 is 1.96 bits per heavy atom. The zero-order valence-electron chi connectivity index (χ0n) is 16.2. The largest absolute Gasteiger partial charge is 0.452 e. The molecule has 1 N–H and O–H groups in total. The lowest BCUT2D eigenvalue weighted by Gasteiger charge is -2.19. The second-order valence-corrected chi connectivity index (χ2v) is 7.27. The Hall–Kier alpha value is -2.83. The number of amides is 1. The van der Waals surface area contributed by atoms with Gasteiger partial charge in [0, 0.05) is 35.8 Å². The third kappa shape index (κ3) is 5.84. The van der Waals surface area contributed by atoms with E-state index in [4.69, 9.17) is 9.47 Å². The van der Waals surface area contributed by atoms with Gasteiger partial charge in [-0.2, -0.15) is 0 Å². The number of hydrogen-bond donors (Lipinski definition) is 1. The number of carbonyl (C=O) groups is 3. The number of aromatic nitrogens is 1. The van der Waals surface area contributed by atoms with Crippen LogP contribution in [0.1, 0.15) is 45.8 Å². The van der Waals surface area contributed by atoms with Gasteiger partial charge in [-0.05, 0) is 40.2 Å². The van der Waals surface area contributed by atoms with Crippen molar-refractivity contribution in [2.24, 2.45) is 0 Å². The molecule has 0 spiro atoms. The average Bonchev–Trinajstić information content (AvgIpc) is 2.96. The first-order valence-corrected chi connectivity index (χ1v) is 8.91. The van der Waals surface area contributed by atoms with Crippen LogP contribution in [-0.4, -0.2) is 35.1 Å². The fraction of sp³-hybridized carbons (Fsp3) is 0.450. The Kier molecular flexibility index (Phi) is 6.60. The highest BCUT2D eigenvalue weighted by Gasteiger charge is 2.18. The van der Waals surface area contributed by atoms with Crippen molar-refractivity contribution >= 4 is 29.3 Å². The van der Waals surface area contributed by atoms with Crippen LogP contribution >= 0.6 is 0 Å². The number of rotatable bonds is 7. The van der Waals surface area contributed by atoms with Crippen molar-refractivity contribution in [2.45, 2.75) is 52.4 Å². The maximum absolute atomic E-state index is 11.7. The van der Waals surface area contributed by atoms with Gasteiger partial charge in [0.2, 0.25) is 6.29 Å². The van der Waals surface area contributed by atoms with Crippen LogP contribution < -0.4 is 5.32 Å². The van der Waals surface area contributed by atoms with Crippen LogP contribution in [0.2, 0.25) is 0 Å². The summed E-state index contributed by atoms with van der Waals surface area (Å²) < 4.78 is 12.4. The van der Waals surface area contributed by atoms with Crippen LogP contribution in [0.3, 0.4) is 0 Å². The minimum Gasteiger partial charge on any atom is -0.452 e. The Bertz CT molecular complexity index is 819. The van der Waals surface area contributed by atoms with Gasteiger partial charge in [0.1, 0.15) is 11.7 Å². The van der Waals surface area contributed by atoms with Gasteiger partial charge in [0.25, 0.3) is 0 Å². The van der Waals surface area contributed by atoms with Crippen LogP contribution in [-0.2, 0) is 25.6 Å². The number of benzene rings is 1. The minimum atomic E-state index is -0.888. The normalized spacial score (nSPS) is 12.4. The molecule has 1 amide bonds. The van der Waals surface area contributed by atoms with E-state index in [1.54, 1.807) is 6.92 Å². The summed E-state index contributed by atoms with van der Waals surface area (Å²) in [6, 6.07) is 7.78. The zero-order valence-corrected chi connectivity index (χ0v) is 16.2. The number of nitrogens with one attached hydrogen (secondary N) is 1. The lowest BCUT2D eigenvalue weighted by Crippen LogP contribution is -2.33. The molecule has 0 aliphatic carbocycles. The number of carbonyl (C=O) groups excluding carboxylic acids is 3. The highest BCUT2D eigenvalue weighted by Crippen LogP contribution is 2.28. The summed E-state index contributed by atoms with van der Waals surface area (Å²) >= 11 is 0. The number of nitrogens with zero attached hydrogens (tertiary/aromatic N) is 1. The number of hydrogen-bond acceptors (Lipinski definition) is 5. The number of fused-ring (bicyclic) bond motifs is 1. The van der Waals surface area contributed by atoms with Crippen molar-refractivity contribution in [3.8, 4) is 0 Å². The lowest BCUT2D eigenvalue weighted by atomic mass is 10.1. The van der Waals surface area contributed by atoms with E-state index in [1.807, 2.05) is 55.8 Å². The number of alkyl carbamates (subject to hydrolysis) is 1. The Balaban J connectivity index is 2.03. The van der Waals surface area contributed by atoms with Crippen molar-refractivity contribution in [1.82, 2.24) is 9.88 Å². The first kappa shape index (κ1) is 20.5. The van der Waals surface area contributed by atoms with Gasteiger partial charge >= 0.3 is 12.1 Å². The molecule has 2 aromatic rings. The van der Waals surface area contributed by atoms with Crippen LogP contribution in [0.4, 0.5) is 4.79 Å². The molecule has 1 aromatic heterocycles. The molecule has 1 atom stereocenters. The van der Waals surface area contributed by atoms with Crippen LogP contribution in [0.15, 0.2) is 30.5 Å². The van der Waals surface area contributed by atoms with E-state index >= 15 is 0 Å². The summed E-state index contributed by atoms with van der Waals surface area (Å²) in [4.78, 5) is 33.5. The molecule has 7 nitrogen and oxygen atoms in total. The number of para-hydroxylation sites is 1. The second kappa shape index (κ2) is 8.70. The van der Waals surface area contributed by atoms with E-state index in [0.717, 1.165) is 16.5 Å². The van der Waals surface area contributed by atoms with Crippen molar-refractivity contribution in [2.75, 3.05) is 6.54 Å². The second-order valence-electron chi connectivity index (χ2n) is 7.27. The first-order chi connectivity index (χ1) is 12.7. The molecule has 0 bridgehead atoms. The monoisotopic (exact) mass is 374 g/mol. The molecule has 1 aromatic carbocycles. The highest BCUT2D eigenvalue weighted by molar-refractivity contribution is 6.20.